The van der Waals surface area contributed by atoms with Crippen LogP contribution in [0.5, 0.6) is 5.75 Å². The fourth-order valence-corrected chi connectivity index (χ4v) is 2.20. The summed E-state index contributed by atoms with van der Waals surface area (Å²) in [7, 11) is 1.54. The third-order valence-electron chi connectivity index (χ3n) is 3.09. The number of nitrogens with zero attached hydrogens (tertiary/aromatic N) is 2. The number of fused-ring (bicyclic) bond motifs is 1. The molecule has 0 aliphatic heterocycles. The number of methoxy groups -OCH3 is 1. The Labute approximate surface area is 126 Å². The van der Waals surface area contributed by atoms with Crippen LogP contribution in [0.4, 0.5) is 5.69 Å². The van der Waals surface area contributed by atoms with Gasteiger partial charge in [0.05, 0.1) is 30.8 Å². The van der Waals surface area contributed by atoms with Crippen LogP contribution in [0.3, 0.4) is 0 Å². The molecule has 0 spiro atoms. The minimum Gasteiger partial charge on any atom is -0.495 e. The number of rotatable bonds is 3. The number of hydrogen-bond acceptors (Lipinski definition) is 3. The quantitative estimate of drug-likeness (QED) is 0.808. The van der Waals surface area contributed by atoms with Crippen LogP contribution in [0.1, 0.15) is 10.4 Å². The van der Waals surface area contributed by atoms with Crippen molar-refractivity contribution >= 4 is 28.7 Å². The molecule has 1 N–H and O–H groups in total. The molecule has 0 aliphatic rings. The molecule has 0 fully saturated rings. The number of hydrogen-bond donors (Lipinski definition) is 1. The zero-order chi connectivity index (χ0) is 14.8. The molecule has 0 atom stereocenters. The van der Waals surface area contributed by atoms with E-state index >= 15 is 0 Å². The van der Waals surface area contributed by atoms with E-state index in [0.717, 1.165) is 5.52 Å². The van der Waals surface area contributed by atoms with Gasteiger partial charge < -0.3 is 14.5 Å². The topological polar surface area (TPSA) is 55.6 Å². The van der Waals surface area contributed by atoms with Crippen LogP contribution >= 0.6 is 11.6 Å². The summed E-state index contributed by atoms with van der Waals surface area (Å²) in [5.41, 5.74) is 1.91. The number of nitrogens with one attached hydrogen (secondary N) is 1. The van der Waals surface area contributed by atoms with E-state index in [0.29, 0.717) is 22.0 Å². The Kier molecular flexibility index (Phi) is 3.50. The Balaban J connectivity index is 1.90. The van der Waals surface area contributed by atoms with Crippen molar-refractivity contribution in [2.24, 2.45) is 0 Å². The van der Waals surface area contributed by atoms with E-state index in [4.69, 9.17) is 16.3 Å². The third kappa shape index (κ3) is 2.68. The standard InChI is InChI=1S/C15H12ClN3O2/c1-21-14-3-2-11(16)7-13(14)18-15(20)10-4-5-19-9-17-8-12(19)6-10/h2-9H,1H3,(H,18,20). The van der Waals surface area contributed by atoms with Crippen LogP contribution < -0.4 is 10.1 Å². The van der Waals surface area contributed by atoms with Gasteiger partial charge in [-0.3, -0.25) is 4.79 Å². The zero-order valence-corrected chi connectivity index (χ0v) is 12.0. The Morgan fingerprint density at radius 3 is 3.00 bits per heavy atom. The van der Waals surface area contributed by atoms with Crippen LogP contribution in [0, 0.1) is 0 Å². The summed E-state index contributed by atoms with van der Waals surface area (Å²) >= 11 is 5.95. The molecule has 6 heteroatoms. The van der Waals surface area contributed by atoms with Crippen molar-refractivity contribution < 1.29 is 9.53 Å². The highest BCUT2D eigenvalue weighted by Gasteiger charge is 2.11. The summed E-state index contributed by atoms with van der Waals surface area (Å²) < 4.78 is 7.04. The number of ether oxygens (including phenoxy) is 1. The van der Waals surface area contributed by atoms with Gasteiger partial charge in [0, 0.05) is 16.8 Å². The second-order valence-electron chi connectivity index (χ2n) is 4.44. The summed E-state index contributed by atoms with van der Waals surface area (Å²) in [6, 6.07) is 8.54. The predicted molar refractivity (Wildman–Crippen MR) is 81.1 cm³/mol. The van der Waals surface area contributed by atoms with Crippen molar-refractivity contribution in [1.82, 2.24) is 9.38 Å². The molecule has 2 heterocycles. The lowest BCUT2D eigenvalue weighted by molar-refractivity contribution is 0.102. The molecule has 3 rings (SSSR count). The van der Waals surface area contributed by atoms with Crippen LogP contribution in [-0.2, 0) is 0 Å². The molecular formula is C15H12ClN3O2. The van der Waals surface area contributed by atoms with E-state index in [1.54, 1.807) is 49.1 Å². The van der Waals surface area contributed by atoms with Crippen molar-refractivity contribution in [1.29, 1.82) is 0 Å². The smallest absolute Gasteiger partial charge is 0.255 e. The fourth-order valence-electron chi connectivity index (χ4n) is 2.03. The highest BCUT2D eigenvalue weighted by molar-refractivity contribution is 6.31. The number of carbonyl (C=O) groups excluding carboxylic acids is 1. The molecule has 1 amide bonds. The van der Waals surface area contributed by atoms with Crippen molar-refractivity contribution in [3.63, 3.8) is 0 Å². The number of anilines is 1. The number of imidazole rings is 1. The first-order valence-electron chi connectivity index (χ1n) is 6.24. The summed E-state index contributed by atoms with van der Waals surface area (Å²) in [5, 5.41) is 3.32. The first-order valence-corrected chi connectivity index (χ1v) is 6.62. The summed E-state index contributed by atoms with van der Waals surface area (Å²) in [4.78, 5) is 16.3. The molecule has 0 saturated heterocycles. The molecular weight excluding hydrogens is 290 g/mol. The maximum Gasteiger partial charge on any atom is 0.255 e. The number of amides is 1. The largest absolute Gasteiger partial charge is 0.495 e. The normalized spacial score (nSPS) is 10.6. The molecule has 2 aromatic heterocycles. The van der Waals surface area contributed by atoms with Crippen LogP contribution in [-0.4, -0.2) is 22.4 Å². The average molecular weight is 302 g/mol. The van der Waals surface area contributed by atoms with Crippen LogP contribution in [0.2, 0.25) is 5.02 Å². The van der Waals surface area contributed by atoms with Gasteiger partial charge in [0.2, 0.25) is 0 Å². The number of carbonyl (C=O) groups is 1. The van der Waals surface area contributed by atoms with Crippen LogP contribution in [0.25, 0.3) is 5.52 Å². The van der Waals surface area contributed by atoms with Gasteiger partial charge >= 0.3 is 0 Å². The van der Waals surface area contributed by atoms with Gasteiger partial charge in [-0.15, -0.1) is 0 Å². The zero-order valence-electron chi connectivity index (χ0n) is 11.2. The fraction of sp³-hybridized carbons (Fsp3) is 0.0667. The minimum atomic E-state index is -0.237. The van der Waals surface area contributed by atoms with Crippen molar-refractivity contribution in [3.8, 4) is 5.75 Å². The minimum absolute atomic E-state index is 0.237. The van der Waals surface area contributed by atoms with E-state index in [-0.39, 0.29) is 5.91 Å². The van der Waals surface area contributed by atoms with Gasteiger partial charge in [-0.1, -0.05) is 11.6 Å². The van der Waals surface area contributed by atoms with E-state index in [1.807, 2.05) is 4.40 Å². The lowest BCUT2D eigenvalue weighted by Crippen LogP contribution is -2.12. The third-order valence-corrected chi connectivity index (χ3v) is 3.32. The van der Waals surface area contributed by atoms with E-state index in [2.05, 4.69) is 10.3 Å². The second kappa shape index (κ2) is 5.46. The maximum atomic E-state index is 12.3. The highest BCUT2D eigenvalue weighted by atomic mass is 35.5. The molecule has 21 heavy (non-hydrogen) atoms. The van der Waals surface area contributed by atoms with Crippen molar-refractivity contribution in [2.45, 2.75) is 0 Å². The summed E-state index contributed by atoms with van der Waals surface area (Å²) in [6.45, 7) is 0. The average Bonchev–Trinajstić information content (AvgIpc) is 2.94. The Morgan fingerprint density at radius 1 is 1.33 bits per heavy atom. The number of aromatic nitrogens is 2. The molecule has 0 aliphatic carbocycles. The van der Waals surface area contributed by atoms with E-state index in [1.165, 1.54) is 7.11 Å². The van der Waals surface area contributed by atoms with Gasteiger partial charge in [0.15, 0.2) is 0 Å². The Bertz CT molecular complexity index is 814. The van der Waals surface area contributed by atoms with Crippen molar-refractivity contribution in [3.05, 3.63) is 59.6 Å². The molecule has 0 bridgehead atoms. The highest BCUT2D eigenvalue weighted by Crippen LogP contribution is 2.28. The van der Waals surface area contributed by atoms with Gasteiger partial charge in [0.1, 0.15) is 5.75 Å². The van der Waals surface area contributed by atoms with Gasteiger partial charge in [0.25, 0.3) is 5.91 Å². The molecule has 0 saturated carbocycles. The van der Waals surface area contributed by atoms with E-state index < -0.39 is 0 Å². The molecule has 0 unspecified atom stereocenters. The molecule has 5 nitrogen and oxygen atoms in total. The molecule has 3 aromatic rings. The van der Waals surface area contributed by atoms with E-state index in [9.17, 15) is 4.79 Å². The van der Waals surface area contributed by atoms with Gasteiger partial charge in [-0.2, -0.15) is 0 Å². The second-order valence-corrected chi connectivity index (χ2v) is 4.88. The maximum absolute atomic E-state index is 12.3. The van der Waals surface area contributed by atoms with Gasteiger partial charge in [-0.25, -0.2) is 4.98 Å². The monoisotopic (exact) mass is 301 g/mol. The van der Waals surface area contributed by atoms with Crippen molar-refractivity contribution in [2.75, 3.05) is 12.4 Å². The number of pyridine rings is 1. The summed E-state index contributed by atoms with van der Waals surface area (Å²) in [6.07, 6.45) is 5.15. The van der Waals surface area contributed by atoms with Gasteiger partial charge in [-0.05, 0) is 30.3 Å². The molecule has 0 radical (unpaired) electrons. The first-order chi connectivity index (χ1) is 10.2. The number of halogens is 1. The molecule has 106 valence electrons. The Morgan fingerprint density at radius 2 is 2.19 bits per heavy atom. The lowest BCUT2D eigenvalue weighted by Gasteiger charge is -2.10. The number of benzene rings is 1. The SMILES string of the molecule is COc1ccc(Cl)cc1NC(=O)c1ccn2cncc2c1. The summed E-state index contributed by atoms with van der Waals surface area (Å²) in [5.74, 6) is 0.317. The first kappa shape index (κ1) is 13.5. The molecule has 1 aromatic carbocycles. The predicted octanol–water partition coefficient (Wildman–Crippen LogP) is 3.25. The Hall–Kier alpha value is -2.53. The van der Waals surface area contributed by atoms with Crippen LogP contribution in [0.15, 0.2) is 49.1 Å². The lowest BCUT2D eigenvalue weighted by atomic mass is 10.2.